The SMILES string of the molecule is COc1cc(C(=O)CC2CC2)ccc1-c1cnc2c(NCCCN)nc(Br)cn12.COc1cc(C(=O)CC2CC2)ccc1-c1cnc2c(NCCCN)nc(C#CCO)cn12. The average molecular weight is 892 g/mol. The minimum Gasteiger partial charge on any atom is -0.496 e. The van der Waals surface area contributed by atoms with E-state index in [1.54, 1.807) is 38.9 Å². The number of rotatable bonds is 18. The van der Waals surface area contributed by atoms with E-state index in [1.807, 2.05) is 45.3 Å². The third kappa shape index (κ3) is 10.5. The third-order valence-electron chi connectivity index (χ3n) is 10.5. The van der Waals surface area contributed by atoms with E-state index in [0.717, 1.165) is 73.2 Å². The molecule has 0 amide bonds. The number of nitrogens with zero attached hydrogens (tertiary/aromatic N) is 6. The van der Waals surface area contributed by atoms with E-state index in [0.29, 0.717) is 94.5 Å². The Morgan fingerprint density at radius 1 is 0.787 bits per heavy atom. The van der Waals surface area contributed by atoms with Crippen molar-refractivity contribution in [2.45, 2.75) is 51.4 Å². The molecule has 4 heterocycles. The van der Waals surface area contributed by atoms with E-state index in [2.05, 4.69) is 58.3 Å². The van der Waals surface area contributed by atoms with Gasteiger partial charge in [0.1, 0.15) is 28.4 Å². The smallest absolute Gasteiger partial charge is 0.180 e. The van der Waals surface area contributed by atoms with Crippen LogP contribution in [-0.4, -0.2) is 92.4 Å². The molecule has 0 aliphatic heterocycles. The minimum absolute atomic E-state index is 0.146. The van der Waals surface area contributed by atoms with E-state index >= 15 is 0 Å². The number of anilines is 2. The lowest BCUT2D eigenvalue weighted by molar-refractivity contribution is 0.0967. The summed E-state index contributed by atoms with van der Waals surface area (Å²) in [5.41, 5.74) is 17.7. The van der Waals surface area contributed by atoms with Crippen LogP contribution in [0.25, 0.3) is 33.8 Å². The summed E-state index contributed by atoms with van der Waals surface area (Å²) in [5.74, 6) is 9.44. The third-order valence-corrected chi connectivity index (χ3v) is 10.9. The number of nitrogens with two attached hydrogens (primary N) is 2. The van der Waals surface area contributed by atoms with Gasteiger partial charge < -0.3 is 36.7 Å². The normalized spacial score (nSPS) is 13.3. The minimum atomic E-state index is -0.253. The lowest BCUT2D eigenvalue weighted by Gasteiger charge is -2.12. The van der Waals surface area contributed by atoms with Crippen molar-refractivity contribution in [2.24, 2.45) is 23.3 Å². The van der Waals surface area contributed by atoms with E-state index in [-0.39, 0.29) is 18.2 Å². The maximum Gasteiger partial charge on any atom is 0.180 e. The number of benzene rings is 2. The van der Waals surface area contributed by atoms with Crippen LogP contribution in [0.4, 0.5) is 11.6 Å². The second kappa shape index (κ2) is 20.1. The van der Waals surface area contributed by atoms with Crippen LogP contribution in [0, 0.1) is 23.7 Å². The standard InChI is InChI=1S/C24H27N5O3.C21H24BrN5O2/c1-32-22-13-17(21(31)12-16-5-6-16)7-8-19(22)20-14-27-24-23(26-10-3-9-25)28-18(4-2-11-30)15-29(20)24;1-29-18-10-14(17(28)9-13-3-4-13)5-6-15(18)16-11-25-21-20(24-8-2-7-23)26-19(22)12-27(16)21/h7-8,13-16,30H,3,5-6,9-12,25H2,1H3,(H,26,28);5-6,10-13H,2-4,7-9,23H2,1H3,(H,24,26). The zero-order valence-corrected chi connectivity index (χ0v) is 36.0. The quantitative estimate of drug-likeness (QED) is 0.0360. The fourth-order valence-corrected chi connectivity index (χ4v) is 7.33. The van der Waals surface area contributed by atoms with Crippen molar-refractivity contribution >= 4 is 50.4 Å². The number of ether oxygens (including phenoxy) is 2. The van der Waals surface area contributed by atoms with E-state index in [4.69, 9.17) is 26.0 Å². The zero-order chi connectivity index (χ0) is 42.9. The lowest BCUT2D eigenvalue weighted by Crippen LogP contribution is -2.11. The van der Waals surface area contributed by atoms with Gasteiger partial charge in [0.25, 0.3) is 0 Å². The highest BCUT2D eigenvalue weighted by Gasteiger charge is 2.27. The largest absolute Gasteiger partial charge is 0.496 e. The Morgan fingerprint density at radius 3 is 1.74 bits per heavy atom. The van der Waals surface area contributed by atoms with Gasteiger partial charge in [-0.25, -0.2) is 19.9 Å². The molecule has 6 aromatic rings. The van der Waals surface area contributed by atoms with Gasteiger partial charge in [-0.1, -0.05) is 18.1 Å². The molecule has 2 fully saturated rings. The number of imidazole rings is 2. The maximum atomic E-state index is 12.6. The summed E-state index contributed by atoms with van der Waals surface area (Å²) in [4.78, 5) is 43.2. The number of carbonyl (C=O) groups excluding carboxylic acids is 2. The summed E-state index contributed by atoms with van der Waals surface area (Å²) in [6.45, 7) is 2.30. The molecule has 0 radical (unpaired) electrons. The van der Waals surface area contributed by atoms with Gasteiger partial charge in [0.05, 0.1) is 38.0 Å². The number of hydrogen-bond donors (Lipinski definition) is 5. The Kier molecular flexibility index (Phi) is 14.3. The molecular weight excluding hydrogens is 840 g/mol. The topological polar surface area (TPSA) is 209 Å². The molecule has 4 aromatic heterocycles. The van der Waals surface area contributed by atoms with Gasteiger partial charge in [0.15, 0.2) is 34.5 Å². The van der Waals surface area contributed by atoms with Crippen LogP contribution in [-0.2, 0) is 0 Å². The van der Waals surface area contributed by atoms with Crippen LogP contribution in [0.2, 0.25) is 0 Å². The summed E-state index contributed by atoms with van der Waals surface area (Å²) in [7, 11) is 3.21. The first kappa shape index (κ1) is 43.2. The fraction of sp³-hybridized carbons (Fsp3) is 0.378. The van der Waals surface area contributed by atoms with Gasteiger partial charge in [-0.05, 0) is 110 Å². The summed E-state index contributed by atoms with van der Waals surface area (Å²) >= 11 is 3.48. The Labute approximate surface area is 362 Å². The van der Waals surface area contributed by atoms with Crippen molar-refractivity contribution in [3.63, 3.8) is 0 Å². The van der Waals surface area contributed by atoms with Crippen LogP contribution in [0.1, 0.15) is 77.8 Å². The molecule has 0 spiro atoms. The Bertz CT molecular complexity index is 2590. The summed E-state index contributed by atoms with van der Waals surface area (Å²) in [6.07, 6.45) is 14.6. The highest BCUT2D eigenvalue weighted by Crippen LogP contribution is 2.38. The lowest BCUT2D eigenvalue weighted by atomic mass is 10.0. The molecular formula is C45H51BrN10O5. The monoisotopic (exact) mass is 890 g/mol. The number of carbonyl (C=O) groups is 2. The molecule has 318 valence electrons. The van der Waals surface area contributed by atoms with Gasteiger partial charge in [-0.2, -0.15) is 0 Å². The van der Waals surface area contributed by atoms with Gasteiger partial charge in [0.2, 0.25) is 0 Å². The van der Waals surface area contributed by atoms with Crippen molar-refractivity contribution in [1.82, 2.24) is 28.7 Å². The number of fused-ring (bicyclic) bond motifs is 2. The molecule has 0 unspecified atom stereocenters. The predicted molar refractivity (Wildman–Crippen MR) is 239 cm³/mol. The molecule has 8 rings (SSSR count). The molecule has 0 bridgehead atoms. The van der Waals surface area contributed by atoms with Crippen molar-refractivity contribution in [1.29, 1.82) is 0 Å². The number of Topliss-reactive ketones (excluding diaryl/α,β-unsaturated/α-hetero) is 2. The molecule has 2 aromatic carbocycles. The molecule has 16 heteroatoms. The van der Waals surface area contributed by atoms with Crippen LogP contribution < -0.4 is 31.6 Å². The van der Waals surface area contributed by atoms with Crippen LogP contribution >= 0.6 is 15.9 Å². The highest BCUT2D eigenvalue weighted by molar-refractivity contribution is 9.10. The van der Waals surface area contributed by atoms with Crippen LogP contribution in [0.15, 0.2) is 65.8 Å². The van der Waals surface area contributed by atoms with Crippen molar-refractivity contribution in [3.05, 3.63) is 82.6 Å². The number of aromatic nitrogens is 6. The summed E-state index contributed by atoms with van der Waals surface area (Å²) < 4.78 is 15.8. The predicted octanol–water partition coefficient (Wildman–Crippen LogP) is 6.40. The number of hydrogen-bond acceptors (Lipinski definition) is 13. The van der Waals surface area contributed by atoms with Crippen molar-refractivity contribution < 1.29 is 24.2 Å². The van der Waals surface area contributed by atoms with Gasteiger partial charge in [-0.3, -0.25) is 18.4 Å². The second-order valence-electron chi connectivity index (χ2n) is 15.1. The first-order valence-corrected chi connectivity index (χ1v) is 21.4. The highest BCUT2D eigenvalue weighted by atomic mass is 79.9. The molecule has 15 nitrogen and oxygen atoms in total. The molecule has 0 atom stereocenters. The number of aliphatic hydroxyl groups excluding tert-OH is 1. The van der Waals surface area contributed by atoms with E-state index in [1.165, 1.54) is 0 Å². The van der Waals surface area contributed by atoms with Gasteiger partial charge in [-0.15, -0.1) is 0 Å². The van der Waals surface area contributed by atoms with Crippen LogP contribution in [0.3, 0.4) is 0 Å². The number of ketones is 2. The zero-order valence-electron chi connectivity index (χ0n) is 34.4. The molecule has 2 saturated carbocycles. The number of nitrogens with one attached hydrogen (secondary N) is 2. The molecule has 7 N–H and O–H groups in total. The van der Waals surface area contributed by atoms with E-state index in [9.17, 15) is 9.59 Å². The summed E-state index contributed by atoms with van der Waals surface area (Å²) in [6, 6.07) is 11.2. The summed E-state index contributed by atoms with van der Waals surface area (Å²) in [5, 5.41) is 15.6. The van der Waals surface area contributed by atoms with Gasteiger partial charge >= 0.3 is 0 Å². The Hall–Kier alpha value is -5.86. The average Bonchev–Trinajstić information content (AvgIpc) is 4.19. The molecule has 2 aliphatic carbocycles. The fourth-order valence-electron chi connectivity index (χ4n) is 6.95. The Morgan fingerprint density at radius 2 is 1.28 bits per heavy atom. The molecule has 61 heavy (non-hydrogen) atoms. The molecule has 2 aliphatic rings. The first-order valence-electron chi connectivity index (χ1n) is 20.6. The van der Waals surface area contributed by atoms with Gasteiger partial charge in [0, 0.05) is 60.6 Å². The van der Waals surface area contributed by atoms with Crippen molar-refractivity contribution in [3.8, 4) is 45.9 Å². The maximum absolute atomic E-state index is 12.6. The number of methoxy groups -OCH3 is 2. The number of aliphatic hydroxyl groups is 1. The van der Waals surface area contributed by atoms with Crippen molar-refractivity contribution in [2.75, 3.05) is 57.6 Å². The second-order valence-corrected chi connectivity index (χ2v) is 15.9. The molecule has 0 saturated heterocycles. The van der Waals surface area contributed by atoms with E-state index < -0.39 is 0 Å². The Balaban J connectivity index is 0.000000185. The number of halogens is 1. The first-order chi connectivity index (χ1) is 29.7. The van der Waals surface area contributed by atoms with Crippen LogP contribution in [0.5, 0.6) is 11.5 Å².